The van der Waals surface area contributed by atoms with Crippen molar-refractivity contribution >= 4 is 23.3 Å². The van der Waals surface area contributed by atoms with Gasteiger partial charge in [-0.25, -0.2) is 4.79 Å². The van der Waals surface area contributed by atoms with Crippen molar-refractivity contribution in [3.05, 3.63) is 22.4 Å². The molecule has 1 N–H and O–H groups in total. The SMILES string of the molecule is C[C@@H]1CN(C(=O)N(Cc2cccs2)C2CC2)C[C@H]1C(=O)O. The molecule has 0 radical (unpaired) electrons. The Morgan fingerprint density at radius 1 is 1.43 bits per heavy atom. The molecule has 5 nitrogen and oxygen atoms in total. The second-order valence-electron chi connectivity index (χ2n) is 6.05. The number of hydrogen-bond donors (Lipinski definition) is 1. The van der Waals surface area contributed by atoms with Crippen LogP contribution in [0.3, 0.4) is 0 Å². The van der Waals surface area contributed by atoms with Crippen molar-refractivity contribution in [1.29, 1.82) is 0 Å². The average molecular weight is 308 g/mol. The fraction of sp³-hybridized carbons (Fsp3) is 0.600. The molecule has 0 bridgehead atoms. The van der Waals surface area contributed by atoms with E-state index in [1.165, 1.54) is 4.88 Å². The first-order valence-corrected chi connectivity index (χ1v) is 8.25. The van der Waals surface area contributed by atoms with Gasteiger partial charge in [-0.3, -0.25) is 4.79 Å². The molecule has 21 heavy (non-hydrogen) atoms. The number of aliphatic carboxylic acids is 1. The number of hydrogen-bond acceptors (Lipinski definition) is 3. The van der Waals surface area contributed by atoms with Gasteiger partial charge in [-0.05, 0) is 30.2 Å². The van der Waals surface area contributed by atoms with Crippen LogP contribution in [0.4, 0.5) is 4.79 Å². The maximum absolute atomic E-state index is 12.7. The van der Waals surface area contributed by atoms with Gasteiger partial charge in [0.1, 0.15) is 0 Å². The fourth-order valence-corrected chi connectivity index (χ4v) is 3.64. The van der Waals surface area contributed by atoms with Gasteiger partial charge in [0.2, 0.25) is 0 Å². The number of thiophene rings is 1. The Kier molecular flexibility index (Phi) is 3.89. The fourth-order valence-electron chi connectivity index (χ4n) is 2.94. The van der Waals surface area contributed by atoms with Gasteiger partial charge in [-0.15, -0.1) is 11.3 Å². The van der Waals surface area contributed by atoms with Gasteiger partial charge in [-0.1, -0.05) is 13.0 Å². The minimum atomic E-state index is -0.797. The summed E-state index contributed by atoms with van der Waals surface area (Å²) >= 11 is 1.66. The average Bonchev–Trinajstić information content (AvgIpc) is 3.00. The van der Waals surface area contributed by atoms with Gasteiger partial charge in [0.15, 0.2) is 0 Å². The number of likely N-dealkylation sites (tertiary alicyclic amines) is 1. The Labute approximate surface area is 128 Å². The standard InChI is InChI=1S/C15H20N2O3S/c1-10-7-16(9-13(10)14(18)19)15(20)17(11-4-5-11)8-12-3-2-6-21-12/h2-3,6,10-11,13H,4-5,7-9H2,1H3,(H,18,19)/t10-,13-/m1/s1. The zero-order valence-electron chi connectivity index (χ0n) is 12.1. The predicted molar refractivity (Wildman–Crippen MR) is 80.1 cm³/mol. The molecule has 1 saturated carbocycles. The second-order valence-corrected chi connectivity index (χ2v) is 7.08. The number of carbonyl (C=O) groups excluding carboxylic acids is 1. The lowest BCUT2D eigenvalue weighted by Crippen LogP contribution is -2.43. The van der Waals surface area contributed by atoms with Crippen molar-refractivity contribution in [2.45, 2.75) is 32.4 Å². The van der Waals surface area contributed by atoms with Crippen LogP contribution in [0.2, 0.25) is 0 Å². The molecule has 2 heterocycles. The molecule has 0 spiro atoms. The molecule has 1 aromatic heterocycles. The number of carbonyl (C=O) groups is 2. The highest BCUT2D eigenvalue weighted by Crippen LogP contribution is 2.32. The highest BCUT2D eigenvalue weighted by Gasteiger charge is 2.41. The van der Waals surface area contributed by atoms with Crippen LogP contribution >= 0.6 is 11.3 Å². The third-order valence-corrected chi connectivity index (χ3v) is 5.20. The Morgan fingerprint density at radius 3 is 2.71 bits per heavy atom. The molecule has 3 rings (SSSR count). The number of amides is 2. The minimum Gasteiger partial charge on any atom is -0.481 e. The van der Waals surface area contributed by atoms with Gasteiger partial charge >= 0.3 is 12.0 Å². The van der Waals surface area contributed by atoms with E-state index in [0.717, 1.165) is 12.8 Å². The van der Waals surface area contributed by atoms with E-state index < -0.39 is 11.9 Å². The summed E-state index contributed by atoms with van der Waals surface area (Å²) in [7, 11) is 0. The van der Waals surface area contributed by atoms with Gasteiger partial charge < -0.3 is 14.9 Å². The molecule has 114 valence electrons. The van der Waals surface area contributed by atoms with Crippen LogP contribution in [0.15, 0.2) is 17.5 Å². The second kappa shape index (κ2) is 5.67. The lowest BCUT2D eigenvalue weighted by atomic mass is 9.99. The molecule has 2 atom stereocenters. The molecule has 2 aliphatic rings. The smallest absolute Gasteiger partial charge is 0.320 e. The van der Waals surface area contributed by atoms with E-state index in [1.54, 1.807) is 16.2 Å². The van der Waals surface area contributed by atoms with Crippen molar-refractivity contribution in [3.63, 3.8) is 0 Å². The summed E-state index contributed by atoms with van der Waals surface area (Å²) < 4.78 is 0. The number of carboxylic acid groups (broad SMARTS) is 1. The van der Waals surface area contributed by atoms with Crippen molar-refractivity contribution < 1.29 is 14.7 Å². The van der Waals surface area contributed by atoms with E-state index >= 15 is 0 Å². The first-order valence-electron chi connectivity index (χ1n) is 7.37. The number of urea groups is 1. The predicted octanol–water partition coefficient (Wildman–Crippen LogP) is 2.49. The lowest BCUT2D eigenvalue weighted by molar-refractivity contribution is -0.142. The number of nitrogens with zero attached hydrogens (tertiary/aromatic N) is 2. The van der Waals surface area contributed by atoms with Gasteiger partial charge in [-0.2, -0.15) is 0 Å². The van der Waals surface area contributed by atoms with E-state index in [4.69, 9.17) is 0 Å². The highest BCUT2D eigenvalue weighted by molar-refractivity contribution is 7.09. The zero-order chi connectivity index (χ0) is 15.0. The van der Waals surface area contributed by atoms with Crippen molar-refractivity contribution in [2.75, 3.05) is 13.1 Å². The maximum Gasteiger partial charge on any atom is 0.320 e. The van der Waals surface area contributed by atoms with Crippen LogP contribution in [0, 0.1) is 11.8 Å². The van der Waals surface area contributed by atoms with Crippen molar-refractivity contribution in [2.24, 2.45) is 11.8 Å². The molecule has 1 aliphatic carbocycles. The van der Waals surface area contributed by atoms with Crippen LogP contribution in [-0.2, 0) is 11.3 Å². The van der Waals surface area contributed by atoms with Gasteiger partial charge in [0.25, 0.3) is 0 Å². The van der Waals surface area contributed by atoms with Gasteiger partial charge in [0.05, 0.1) is 12.5 Å². The summed E-state index contributed by atoms with van der Waals surface area (Å²) in [5.41, 5.74) is 0. The Balaban J connectivity index is 1.69. The molecule has 1 aromatic rings. The lowest BCUT2D eigenvalue weighted by Gasteiger charge is -2.27. The Morgan fingerprint density at radius 2 is 2.19 bits per heavy atom. The van der Waals surface area contributed by atoms with Crippen LogP contribution < -0.4 is 0 Å². The summed E-state index contributed by atoms with van der Waals surface area (Å²) in [5.74, 6) is -1.21. The van der Waals surface area contributed by atoms with Crippen LogP contribution in [-0.4, -0.2) is 46.0 Å². The number of carboxylic acids is 1. The third kappa shape index (κ3) is 3.05. The molecule has 0 unspecified atom stereocenters. The van der Waals surface area contributed by atoms with Crippen molar-refractivity contribution in [1.82, 2.24) is 9.80 Å². The summed E-state index contributed by atoms with van der Waals surface area (Å²) in [6, 6.07) is 4.37. The van der Waals surface area contributed by atoms with Crippen LogP contribution in [0.1, 0.15) is 24.6 Å². The van der Waals surface area contributed by atoms with E-state index in [9.17, 15) is 14.7 Å². The Hall–Kier alpha value is -1.56. The van der Waals surface area contributed by atoms with E-state index in [-0.39, 0.29) is 11.9 Å². The van der Waals surface area contributed by atoms with Crippen molar-refractivity contribution in [3.8, 4) is 0 Å². The summed E-state index contributed by atoms with van der Waals surface area (Å²) in [6.45, 7) is 3.43. The summed E-state index contributed by atoms with van der Waals surface area (Å²) in [6.07, 6.45) is 2.12. The van der Waals surface area contributed by atoms with E-state index in [1.807, 2.05) is 29.3 Å². The molecule has 0 aromatic carbocycles. The monoisotopic (exact) mass is 308 g/mol. The minimum absolute atomic E-state index is 0.00139. The zero-order valence-corrected chi connectivity index (χ0v) is 12.9. The quantitative estimate of drug-likeness (QED) is 0.929. The van der Waals surface area contributed by atoms with Gasteiger partial charge in [0, 0.05) is 24.0 Å². The topological polar surface area (TPSA) is 60.9 Å². The summed E-state index contributed by atoms with van der Waals surface area (Å²) in [4.78, 5) is 28.7. The van der Waals surface area contributed by atoms with Crippen LogP contribution in [0.5, 0.6) is 0 Å². The molecule has 1 saturated heterocycles. The molecule has 6 heteroatoms. The Bertz CT molecular complexity index is 527. The molecule has 2 fully saturated rings. The molecular weight excluding hydrogens is 288 g/mol. The first-order chi connectivity index (χ1) is 10.1. The largest absolute Gasteiger partial charge is 0.481 e. The first kappa shape index (κ1) is 14.4. The molecule has 1 aliphatic heterocycles. The van der Waals surface area contributed by atoms with E-state index in [0.29, 0.717) is 25.7 Å². The highest BCUT2D eigenvalue weighted by atomic mass is 32.1. The third-order valence-electron chi connectivity index (χ3n) is 4.34. The summed E-state index contributed by atoms with van der Waals surface area (Å²) in [5, 5.41) is 11.2. The van der Waals surface area contributed by atoms with Crippen LogP contribution in [0.25, 0.3) is 0 Å². The maximum atomic E-state index is 12.7. The van der Waals surface area contributed by atoms with E-state index in [2.05, 4.69) is 0 Å². The molecular formula is C15H20N2O3S. The normalized spacial score (nSPS) is 25.1. The molecule has 2 amide bonds. The number of rotatable bonds is 4.